The molecule has 6 heteroatoms. The van der Waals surface area contributed by atoms with Crippen LogP contribution in [0.2, 0.25) is 0 Å². The quantitative estimate of drug-likeness (QED) is 0.875. The van der Waals surface area contributed by atoms with Crippen molar-refractivity contribution in [1.82, 2.24) is 15.6 Å². The maximum atomic E-state index is 12.0. The Hall–Kier alpha value is -0.980. The lowest BCUT2D eigenvalue weighted by molar-refractivity contribution is -0.122. The molecule has 1 aliphatic heterocycles. The number of hydrogen-bond donors (Lipinski definition) is 2. The normalized spacial score (nSPS) is 21.1. The van der Waals surface area contributed by atoms with E-state index in [-0.39, 0.29) is 18.0 Å². The minimum absolute atomic E-state index is 0.0169. The molecule has 2 rings (SSSR count). The molecule has 2 N–H and O–H groups in total. The zero-order valence-corrected chi connectivity index (χ0v) is 12.5. The summed E-state index contributed by atoms with van der Waals surface area (Å²) in [6.45, 7) is 8.13. The minimum Gasteiger partial charge on any atom is -0.378 e. The van der Waals surface area contributed by atoms with Gasteiger partial charge in [0.05, 0.1) is 30.0 Å². The molecule has 1 amide bonds. The Kier molecular flexibility index (Phi) is 4.90. The smallest absolute Gasteiger partial charge is 0.222 e. The highest BCUT2D eigenvalue weighted by Gasteiger charge is 2.20. The van der Waals surface area contributed by atoms with Gasteiger partial charge in [-0.2, -0.15) is 0 Å². The van der Waals surface area contributed by atoms with E-state index < -0.39 is 0 Å². The summed E-state index contributed by atoms with van der Waals surface area (Å²) in [5.41, 5.74) is 1.01. The van der Waals surface area contributed by atoms with E-state index in [4.69, 9.17) is 4.74 Å². The molecule has 1 aromatic rings. The maximum Gasteiger partial charge on any atom is 0.222 e. The van der Waals surface area contributed by atoms with E-state index in [1.165, 1.54) is 0 Å². The molecule has 1 aromatic heterocycles. The number of hydrogen-bond acceptors (Lipinski definition) is 5. The number of aryl methyl sites for hydroxylation is 2. The monoisotopic (exact) mass is 283 g/mol. The molecule has 0 bridgehead atoms. The molecule has 2 unspecified atom stereocenters. The van der Waals surface area contributed by atoms with Crippen molar-refractivity contribution in [3.63, 3.8) is 0 Å². The Balaban J connectivity index is 1.86. The largest absolute Gasteiger partial charge is 0.378 e. The third-order valence-corrected chi connectivity index (χ3v) is 4.40. The highest BCUT2D eigenvalue weighted by atomic mass is 32.1. The third-order valence-electron chi connectivity index (χ3n) is 3.14. The minimum atomic E-state index is 0.0169. The summed E-state index contributed by atoms with van der Waals surface area (Å²) < 4.78 is 5.34. The van der Waals surface area contributed by atoms with Gasteiger partial charge in [0.2, 0.25) is 5.91 Å². The van der Waals surface area contributed by atoms with Crippen LogP contribution in [0.15, 0.2) is 0 Å². The van der Waals surface area contributed by atoms with Crippen LogP contribution in [0.4, 0.5) is 0 Å². The Morgan fingerprint density at radius 1 is 1.63 bits per heavy atom. The standard InChI is InChI=1S/C13H21N3O2S/c1-8-13(19-10(3)15-8)9(2)16-12(17)6-11-7-18-5-4-14-11/h9,11,14H,4-7H2,1-3H3,(H,16,17). The van der Waals surface area contributed by atoms with Crippen LogP contribution in [0.3, 0.4) is 0 Å². The van der Waals surface area contributed by atoms with Gasteiger partial charge in [-0.25, -0.2) is 4.98 Å². The number of thiazole rings is 1. The van der Waals surface area contributed by atoms with Crippen molar-refractivity contribution in [2.45, 2.75) is 39.3 Å². The zero-order valence-electron chi connectivity index (χ0n) is 11.7. The van der Waals surface area contributed by atoms with Crippen LogP contribution in [0, 0.1) is 13.8 Å². The van der Waals surface area contributed by atoms with Crippen LogP contribution in [0.1, 0.15) is 35.0 Å². The van der Waals surface area contributed by atoms with Gasteiger partial charge in [-0.3, -0.25) is 4.79 Å². The number of ether oxygens (including phenoxy) is 1. The van der Waals surface area contributed by atoms with Gasteiger partial charge in [0.1, 0.15) is 0 Å². The number of amides is 1. The fraction of sp³-hybridized carbons (Fsp3) is 0.692. The first kappa shape index (κ1) is 14.4. The molecule has 1 fully saturated rings. The summed E-state index contributed by atoms with van der Waals surface area (Å²) in [5, 5.41) is 7.35. The van der Waals surface area contributed by atoms with Gasteiger partial charge in [0, 0.05) is 23.9 Å². The highest BCUT2D eigenvalue weighted by molar-refractivity contribution is 7.11. The Labute approximate surface area is 117 Å². The van der Waals surface area contributed by atoms with Gasteiger partial charge >= 0.3 is 0 Å². The Morgan fingerprint density at radius 3 is 3.00 bits per heavy atom. The van der Waals surface area contributed by atoms with E-state index in [1.807, 2.05) is 20.8 Å². The molecule has 0 radical (unpaired) electrons. The van der Waals surface area contributed by atoms with E-state index in [0.29, 0.717) is 13.0 Å². The lowest BCUT2D eigenvalue weighted by Crippen LogP contribution is -2.44. The summed E-state index contributed by atoms with van der Waals surface area (Å²) in [4.78, 5) is 17.5. The zero-order chi connectivity index (χ0) is 13.8. The van der Waals surface area contributed by atoms with Crippen molar-refractivity contribution in [3.05, 3.63) is 15.6 Å². The van der Waals surface area contributed by atoms with Crippen molar-refractivity contribution >= 4 is 17.2 Å². The van der Waals surface area contributed by atoms with Crippen LogP contribution < -0.4 is 10.6 Å². The van der Waals surface area contributed by atoms with Crippen molar-refractivity contribution in [1.29, 1.82) is 0 Å². The van der Waals surface area contributed by atoms with E-state index in [1.54, 1.807) is 11.3 Å². The van der Waals surface area contributed by atoms with E-state index in [9.17, 15) is 4.79 Å². The average Bonchev–Trinajstić information content (AvgIpc) is 2.69. The van der Waals surface area contributed by atoms with E-state index in [0.717, 1.165) is 28.7 Å². The molecule has 1 saturated heterocycles. The molecule has 2 heterocycles. The van der Waals surface area contributed by atoms with Crippen molar-refractivity contribution in [2.24, 2.45) is 0 Å². The van der Waals surface area contributed by atoms with Gasteiger partial charge in [-0.1, -0.05) is 0 Å². The predicted octanol–water partition coefficient (Wildman–Crippen LogP) is 1.32. The molecule has 2 atom stereocenters. The average molecular weight is 283 g/mol. The number of aromatic nitrogens is 1. The summed E-state index contributed by atoms with van der Waals surface area (Å²) in [5.74, 6) is 0.0564. The molecule has 1 aliphatic rings. The molecule has 0 saturated carbocycles. The second-order valence-electron chi connectivity index (χ2n) is 4.90. The summed E-state index contributed by atoms with van der Waals surface area (Å²) >= 11 is 1.64. The van der Waals surface area contributed by atoms with E-state index >= 15 is 0 Å². The molecule has 19 heavy (non-hydrogen) atoms. The first-order valence-corrected chi connectivity index (χ1v) is 7.42. The van der Waals surface area contributed by atoms with Gasteiger partial charge in [0.25, 0.3) is 0 Å². The van der Waals surface area contributed by atoms with Crippen LogP contribution >= 0.6 is 11.3 Å². The molecule has 106 valence electrons. The molecular weight excluding hydrogens is 262 g/mol. The number of carbonyl (C=O) groups is 1. The number of carbonyl (C=O) groups excluding carboxylic acids is 1. The second kappa shape index (κ2) is 6.45. The van der Waals surface area contributed by atoms with Crippen LogP contribution in [0.5, 0.6) is 0 Å². The Bertz CT molecular complexity index is 441. The number of nitrogens with zero attached hydrogens (tertiary/aromatic N) is 1. The van der Waals surface area contributed by atoms with Gasteiger partial charge in [-0.15, -0.1) is 11.3 Å². The lowest BCUT2D eigenvalue weighted by Gasteiger charge is -2.24. The lowest BCUT2D eigenvalue weighted by atomic mass is 10.1. The SMILES string of the molecule is Cc1nc(C)c(C(C)NC(=O)CC2COCCN2)s1. The van der Waals surface area contributed by atoms with Crippen LogP contribution in [0.25, 0.3) is 0 Å². The summed E-state index contributed by atoms with van der Waals surface area (Å²) in [7, 11) is 0. The fourth-order valence-electron chi connectivity index (χ4n) is 2.29. The fourth-order valence-corrected chi connectivity index (χ4v) is 3.22. The number of nitrogens with one attached hydrogen (secondary N) is 2. The second-order valence-corrected chi connectivity index (χ2v) is 6.14. The van der Waals surface area contributed by atoms with Crippen LogP contribution in [-0.2, 0) is 9.53 Å². The first-order chi connectivity index (χ1) is 9.06. The van der Waals surface area contributed by atoms with Gasteiger partial charge in [0.15, 0.2) is 0 Å². The van der Waals surface area contributed by atoms with Crippen molar-refractivity contribution < 1.29 is 9.53 Å². The molecule has 0 aromatic carbocycles. The molecule has 0 aliphatic carbocycles. The van der Waals surface area contributed by atoms with Crippen molar-refractivity contribution in [3.8, 4) is 0 Å². The molecular formula is C13H21N3O2S. The summed E-state index contributed by atoms with van der Waals surface area (Å²) in [6.07, 6.45) is 0.459. The first-order valence-electron chi connectivity index (χ1n) is 6.60. The third kappa shape index (κ3) is 3.99. The van der Waals surface area contributed by atoms with Crippen LogP contribution in [-0.4, -0.2) is 36.7 Å². The molecule has 5 nitrogen and oxygen atoms in total. The number of morpholine rings is 1. The topological polar surface area (TPSA) is 63.2 Å². The number of rotatable bonds is 4. The highest BCUT2D eigenvalue weighted by Crippen LogP contribution is 2.24. The summed E-state index contributed by atoms with van der Waals surface area (Å²) in [6, 6.07) is 0.147. The predicted molar refractivity (Wildman–Crippen MR) is 75.4 cm³/mol. The molecule has 0 spiro atoms. The van der Waals surface area contributed by atoms with Gasteiger partial charge in [-0.05, 0) is 20.8 Å². The Morgan fingerprint density at radius 2 is 2.42 bits per heavy atom. The maximum absolute atomic E-state index is 12.0. The van der Waals surface area contributed by atoms with Crippen molar-refractivity contribution in [2.75, 3.05) is 19.8 Å². The van der Waals surface area contributed by atoms with Gasteiger partial charge < -0.3 is 15.4 Å². The van der Waals surface area contributed by atoms with E-state index in [2.05, 4.69) is 15.6 Å².